The molecule has 2 aliphatic rings. The average molecular weight is 2230 g/mol. The highest BCUT2D eigenvalue weighted by Gasteiger charge is 2.41. The van der Waals surface area contributed by atoms with E-state index in [4.69, 9.17) is 47.7 Å². The molecule has 42 nitrogen and oxygen atoms in total. The van der Waals surface area contributed by atoms with Crippen LogP contribution >= 0.6 is 22.6 Å². The lowest BCUT2D eigenvalue weighted by molar-refractivity contribution is -0.143. The molecule has 49 heteroatoms. The van der Waals surface area contributed by atoms with Crippen LogP contribution in [0, 0.1) is 64.9 Å². The Morgan fingerprint density at radius 1 is 0.403 bits per heavy atom. The molecule has 0 saturated heterocycles. The number of esters is 8. The molecule has 804 valence electrons. The number of H-pyrrole nitrogens is 2. The number of nitrogens with one attached hydrogen (secondary N) is 2. The molecule has 1 atom stereocenters. The number of halogens is 1. The number of fused-ring (bicyclic) bond motifs is 2. The molecule has 0 saturated carbocycles. The highest BCUT2D eigenvalue weighted by molar-refractivity contribution is 14.1. The van der Waals surface area contributed by atoms with Crippen LogP contribution in [0.3, 0.4) is 0 Å². The highest BCUT2D eigenvalue weighted by Crippen LogP contribution is 2.31. The van der Waals surface area contributed by atoms with Crippen LogP contribution in [-0.4, -0.2) is 294 Å². The number of carboxylic acids is 1. The number of rotatable bonds is 42. The number of aromatic nitrogens is 16. The molecule has 0 aliphatic heterocycles. The number of carbonyl (C=O) groups is 11. The van der Waals surface area contributed by atoms with E-state index in [0.717, 1.165) is 117 Å². The second-order valence-electron chi connectivity index (χ2n) is 41.2. The third-order valence-electron chi connectivity index (χ3n) is 21.9. The summed E-state index contributed by atoms with van der Waals surface area (Å²) in [5.41, 5.74) is 12.6. The number of nitrogens with zero attached hydrogens (tertiary/aromatic N) is 14. The normalized spacial score (nSPS) is 12.7. The summed E-state index contributed by atoms with van der Waals surface area (Å²) in [6.45, 7) is 62.8. The van der Waals surface area contributed by atoms with E-state index >= 15 is 0 Å². The lowest BCUT2D eigenvalue weighted by atomic mass is 10.1. The zero-order valence-corrected chi connectivity index (χ0v) is 99.2. The Labute approximate surface area is 865 Å². The maximum Gasteiger partial charge on any atom is 0.359 e. The second kappa shape index (κ2) is 60.8. The maximum absolute atomic E-state index is 12.2. The van der Waals surface area contributed by atoms with Crippen LogP contribution in [0.5, 0.6) is 0 Å². The Morgan fingerprint density at radius 2 is 0.771 bits per heavy atom. The van der Waals surface area contributed by atoms with Crippen LogP contribution in [-0.2, 0) is 140 Å². The van der Waals surface area contributed by atoms with Crippen molar-refractivity contribution in [1.82, 2.24) is 79.1 Å². The second-order valence-corrected chi connectivity index (χ2v) is 76.0. The fourth-order valence-electron chi connectivity index (χ4n) is 12.5. The fourth-order valence-corrected chi connectivity index (χ4v) is 17.7. The third kappa shape index (κ3) is 45.4. The first-order valence-electron chi connectivity index (χ1n) is 47.2. The molecular weight excluding hydrogens is 2080 g/mol. The highest BCUT2D eigenvalue weighted by atomic mass is 127. The number of hydrogen-bond donors (Lipinski definition) is 3. The van der Waals surface area contributed by atoms with Gasteiger partial charge in [0.05, 0.1) is 66.1 Å². The van der Waals surface area contributed by atoms with Gasteiger partial charge in [-0.25, -0.2) is 61.7 Å². The Balaban J connectivity index is 0.000000429. The quantitative estimate of drug-likeness (QED) is 0.00608. The van der Waals surface area contributed by atoms with Gasteiger partial charge in [-0.2, -0.15) is 40.8 Å². The summed E-state index contributed by atoms with van der Waals surface area (Å²) in [4.78, 5) is 126. The smallest absolute Gasteiger partial charge is 0.359 e. The van der Waals surface area contributed by atoms with Gasteiger partial charge in [0.25, 0.3) is 0 Å². The third-order valence-corrected chi connectivity index (χ3v) is 33.4. The van der Waals surface area contributed by atoms with E-state index in [9.17, 15) is 52.7 Å². The predicted molar refractivity (Wildman–Crippen MR) is 567 cm³/mol. The Hall–Kier alpha value is -10.2. The summed E-state index contributed by atoms with van der Waals surface area (Å²) in [5, 5.41) is 46.2. The number of aromatic amines is 2. The van der Waals surface area contributed by atoms with Crippen molar-refractivity contribution in [3.8, 4) is 0 Å². The minimum atomic E-state index is -1.16. The summed E-state index contributed by atoms with van der Waals surface area (Å²) < 4.78 is 82.1. The van der Waals surface area contributed by atoms with Gasteiger partial charge in [-0.3, -0.25) is 29.4 Å². The number of ketones is 2. The van der Waals surface area contributed by atoms with Crippen molar-refractivity contribution < 1.29 is 124 Å². The molecule has 0 spiro atoms. The fraction of sp³-hybridized carbons (Fsp3) is 0.611. The lowest BCUT2D eigenvalue weighted by Gasteiger charge is -2.15. The van der Waals surface area contributed by atoms with E-state index in [0.29, 0.717) is 111 Å². The Morgan fingerprint density at radius 3 is 1.15 bits per heavy atom. The molecule has 0 aromatic carbocycles. The van der Waals surface area contributed by atoms with E-state index in [2.05, 4.69) is 215 Å². The first-order valence-corrected chi connectivity index (χ1v) is 70.5. The monoisotopic (exact) mass is 2230 g/mol. The maximum atomic E-state index is 12.2. The molecule has 0 fully saturated rings. The molecule has 8 heterocycles. The van der Waals surface area contributed by atoms with Gasteiger partial charge in [0.2, 0.25) is 0 Å². The molecular formula is C95H157IN16O26Si6. The molecule has 0 amide bonds. The molecule has 0 bridgehead atoms. The van der Waals surface area contributed by atoms with E-state index in [1.165, 1.54) is 75.1 Å². The van der Waals surface area contributed by atoms with Gasteiger partial charge < -0.3 is 71.4 Å². The molecule has 2 aliphatic carbocycles. The van der Waals surface area contributed by atoms with Crippen molar-refractivity contribution >= 4 is 142 Å². The predicted octanol–water partition coefficient (Wildman–Crippen LogP) is 15.6. The van der Waals surface area contributed by atoms with Crippen LogP contribution in [0.4, 0.5) is 0 Å². The molecule has 0 radical (unpaired) electrons. The standard InChI is InChI=1S/C16H28N2O5Si.C16H26N2O5Si.C15H24N2O4Si.C13H22N2O2Si.C12H21IN2O3Si.C12H22N2O3Si.C6H8N2O2.C5H6N2O2/c2*1-12-13(7-8-14(19)21-2)15(16(20)22-3)17-18(12)11-23-9-10-24(4,5)6;1-10-11-8-12(15(19)20-2)14(18)13(11)16-17(10)9-21-6-7-22(3,4)5;1-10-11-5-6-12(16)13(11)14-15(10)9-17-7-8-18(2,3)4;1-9-10(13)11(12(16)17-2)14-15(9)8-18-6-7-19(3,4)5;1-10-8-11(12(15)16-2)13-14(10)9-17-6-7-18(3,4)5;1-4-3-5(8-7-4)6(9)10-2;1-3-2-4(5(8)9)7-6-3/h7-11H2,1-6H3;7-8H,9-11H2,1-6H3;12H,6-9H2,1-5H3;5-9H2,1-4H3;6-8H2,1-5H3;8H,6-7,9H2,1-5H3;3H,1-2H3,(H,7,8);2H,1H3,(H,6,7)(H,8,9)/b;8-7+;;;;;;. The number of carbonyl (C=O) groups excluding carboxylic acids is 10. The van der Waals surface area contributed by atoms with Gasteiger partial charge in [0.1, 0.15) is 57.7 Å². The van der Waals surface area contributed by atoms with Crippen molar-refractivity contribution in [2.45, 2.75) is 282 Å². The lowest BCUT2D eigenvalue weighted by Crippen LogP contribution is -2.24. The first-order chi connectivity index (χ1) is 67.0. The average Bonchev–Trinajstić information content (AvgIpc) is 1.61. The minimum Gasteiger partial charge on any atom is -0.476 e. The SMILES string of the molecule is COC(=O)/C=C/c1c(C(=O)OC)nn(COCC[Si](C)(C)C)c1C.COC(=O)C1Cc2c(nn(COCC[Si](C)(C)C)c2C)C1=O.COC(=O)CCc1c(C(=O)OC)nn(COCC[Si](C)(C)C)c1C.COC(=O)c1cc(C)[nH]n1.COC(=O)c1cc(C)n(COCC[Si](C)(C)C)n1.COC(=O)c1nn(COCC[Si](C)(C)C)c(C)c1I.Cc1c2c(nn1COCC[Si](C)(C)C)C(=O)CC2.Cc1cc(C(=O)O)n[nH]1. The van der Waals surface area contributed by atoms with Gasteiger partial charge in [-0.15, -0.1) is 0 Å². The molecule has 8 aromatic heterocycles. The molecule has 144 heavy (non-hydrogen) atoms. The first kappa shape index (κ1) is 128. The largest absolute Gasteiger partial charge is 0.476 e. The molecule has 1 unspecified atom stereocenters. The molecule has 10 rings (SSSR count). The minimum absolute atomic E-state index is 0.0625. The number of aromatic carboxylic acids is 1. The van der Waals surface area contributed by atoms with Gasteiger partial charge in [0, 0.05) is 169 Å². The zero-order chi connectivity index (χ0) is 109. The Bertz CT molecular complexity index is 5550. The van der Waals surface area contributed by atoms with Crippen LogP contribution in [0.25, 0.3) is 6.08 Å². The van der Waals surface area contributed by atoms with Gasteiger partial charge >= 0.3 is 53.7 Å². The van der Waals surface area contributed by atoms with Crippen molar-refractivity contribution in [3.63, 3.8) is 0 Å². The Kier molecular flexibility index (Phi) is 54.0. The van der Waals surface area contributed by atoms with Crippen LogP contribution in [0.2, 0.25) is 154 Å². The van der Waals surface area contributed by atoms with Crippen molar-refractivity contribution in [2.75, 3.05) is 96.5 Å². The number of aryl methyl sites for hydroxylation is 3. The summed E-state index contributed by atoms with van der Waals surface area (Å²) in [5.74, 6) is -5.45. The number of Topliss-reactive ketones (excluding diaryl/α,β-unsaturated/α-hetero) is 2. The van der Waals surface area contributed by atoms with Crippen molar-refractivity contribution in [2.24, 2.45) is 5.92 Å². The van der Waals surface area contributed by atoms with Gasteiger partial charge in [-0.1, -0.05) is 118 Å². The van der Waals surface area contributed by atoms with E-state index in [1.54, 1.807) is 49.4 Å². The summed E-state index contributed by atoms with van der Waals surface area (Å²) >= 11 is 2.11. The number of carboxylic acid groups (broad SMARTS) is 1. The summed E-state index contributed by atoms with van der Waals surface area (Å²) in [6.07, 6.45) is 5.14. The van der Waals surface area contributed by atoms with Crippen molar-refractivity contribution in [1.29, 1.82) is 0 Å². The van der Waals surface area contributed by atoms with Crippen LogP contribution < -0.4 is 0 Å². The number of hydrogen-bond acceptors (Lipinski definition) is 33. The number of ether oxygens (including phenoxy) is 14. The topological polar surface area (TPSA) is 502 Å². The zero-order valence-electron chi connectivity index (χ0n) is 91.0. The van der Waals surface area contributed by atoms with Gasteiger partial charge in [-0.05, 0) is 158 Å². The summed E-state index contributed by atoms with van der Waals surface area (Å²) in [6, 6.07) is 11.4. The van der Waals surface area contributed by atoms with Gasteiger partial charge in [0.15, 0.2) is 45.7 Å². The molecule has 3 N–H and O–H groups in total. The van der Waals surface area contributed by atoms with Crippen LogP contribution in [0.1, 0.15) is 165 Å². The van der Waals surface area contributed by atoms with E-state index in [1.807, 2.05) is 46.2 Å². The van der Waals surface area contributed by atoms with E-state index in [-0.39, 0.29) is 54.5 Å². The van der Waals surface area contributed by atoms with Crippen molar-refractivity contribution in [3.05, 3.63) is 141 Å². The van der Waals surface area contributed by atoms with E-state index < -0.39 is 102 Å². The summed E-state index contributed by atoms with van der Waals surface area (Å²) in [7, 11) is 3.98. The number of methoxy groups -OCH3 is 8. The van der Waals surface area contributed by atoms with Crippen LogP contribution in [0.15, 0.2) is 24.3 Å². The molecule has 8 aromatic rings.